The molecule has 0 saturated carbocycles. The second kappa shape index (κ2) is 12.1. The first-order valence-corrected chi connectivity index (χ1v) is 18.1. The summed E-state index contributed by atoms with van der Waals surface area (Å²) in [7, 11) is 0. The molecule has 0 saturated heterocycles. The predicted octanol–water partition coefficient (Wildman–Crippen LogP) is 12.7. The maximum Gasteiger partial charge on any atom is 0.164 e. The van der Waals surface area contributed by atoms with Gasteiger partial charge in [-0.3, -0.25) is 0 Å². The summed E-state index contributed by atoms with van der Waals surface area (Å²) in [4.78, 5) is 15.5. The molecule has 0 unspecified atom stereocenters. The van der Waals surface area contributed by atoms with Crippen molar-refractivity contribution in [3.63, 3.8) is 0 Å². The minimum absolute atomic E-state index is 0.621. The van der Waals surface area contributed by atoms with Crippen molar-refractivity contribution in [2.24, 2.45) is 0 Å². The van der Waals surface area contributed by atoms with Crippen molar-refractivity contribution in [3.8, 4) is 51.0 Å². The molecule has 0 spiro atoms. The summed E-state index contributed by atoms with van der Waals surface area (Å²) in [6.07, 6.45) is 0. The second-order valence-electron chi connectivity index (χ2n) is 13.6. The Morgan fingerprint density at radius 3 is 1.76 bits per heavy atom. The molecular weight excluding hydrogens is 661 g/mol. The molecule has 0 fully saturated rings. The minimum atomic E-state index is 0.621. The zero-order chi connectivity index (χ0) is 35.6. The number of para-hydroxylation sites is 4. The van der Waals surface area contributed by atoms with Crippen LogP contribution in [0.3, 0.4) is 0 Å². The maximum atomic E-state index is 6.48. The molecular formula is C49H30N4O. The highest BCUT2D eigenvalue weighted by Gasteiger charge is 2.20. The largest absolute Gasteiger partial charge is 0.455 e. The van der Waals surface area contributed by atoms with E-state index in [1.54, 1.807) is 0 Å². The molecule has 3 heterocycles. The van der Waals surface area contributed by atoms with Gasteiger partial charge in [0.25, 0.3) is 0 Å². The van der Waals surface area contributed by atoms with Gasteiger partial charge in [0, 0.05) is 49.5 Å². The molecule has 3 aromatic heterocycles. The van der Waals surface area contributed by atoms with Crippen LogP contribution in [0, 0.1) is 0 Å². The molecule has 0 aliphatic heterocycles. The first-order chi connectivity index (χ1) is 26.8. The van der Waals surface area contributed by atoms with Crippen LogP contribution in [-0.2, 0) is 0 Å². The van der Waals surface area contributed by atoms with Gasteiger partial charge in [-0.2, -0.15) is 0 Å². The number of furan rings is 1. The predicted molar refractivity (Wildman–Crippen MR) is 221 cm³/mol. The fourth-order valence-corrected chi connectivity index (χ4v) is 8.00. The van der Waals surface area contributed by atoms with Crippen LogP contribution in [0.1, 0.15) is 0 Å². The molecule has 0 aliphatic rings. The van der Waals surface area contributed by atoms with Crippen LogP contribution >= 0.6 is 0 Å². The van der Waals surface area contributed by atoms with Gasteiger partial charge < -0.3 is 8.98 Å². The van der Waals surface area contributed by atoms with E-state index in [4.69, 9.17) is 19.4 Å². The van der Waals surface area contributed by atoms with E-state index < -0.39 is 0 Å². The van der Waals surface area contributed by atoms with Crippen LogP contribution in [0.2, 0.25) is 0 Å². The average Bonchev–Trinajstić information content (AvgIpc) is 3.79. The lowest BCUT2D eigenvalue weighted by molar-refractivity contribution is 0.670. The van der Waals surface area contributed by atoms with Gasteiger partial charge in [0.05, 0.1) is 11.0 Å². The maximum absolute atomic E-state index is 6.48. The lowest BCUT2D eigenvalue weighted by Crippen LogP contribution is -2.01. The number of hydrogen-bond donors (Lipinski definition) is 0. The van der Waals surface area contributed by atoms with Crippen molar-refractivity contribution in [2.45, 2.75) is 0 Å². The van der Waals surface area contributed by atoms with Gasteiger partial charge >= 0.3 is 0 Å². The van der Waals surface area contributed by atoms with Crippen molar-refractivity contribution in [1.29, 1.82) is 0 Å². The molecule has 11 aromatic rings. The monoisotopic (exact) mass is 690 g/mol. The fourth-order valence-electron chi connectivity index (χ4n) is 8.00. The smallest absolute Gasteiger partial charge is 0.164 e. The summed E-state index contributed by atoms with van der Waals surface area (Å²) < 4.78 is 8.80. The summed E-state index contributed by atoms with van der Waals surface area (Å²) in [5.74, 6) is 1.87. The van der Waals surface area contributed by atoms with Crippen LogP contribution in [0.5, 0.6) is 0 Å². The van der Waals surface area contributed by atoms with E-state index in [0.29, 0.717) is 17.5 Å². The van der Waals surface area contributed by atoms with Gasteiger partial charge in [0.1, 0.15) is 11.2 Å². The third-order valence-electron chi connectivity index (χ3n) is 10.5. The molecule has 0 radical (unpaired) electrons. The summed E-state index contributed by atoms with van der Waals surface area (Å²) in [5.41, 5.74) is 10.1. The molecule has 0 N–H and O–H groups in total. The topological polar surface area (TPSA) is 56.7 Å². The van der Waals surface area contributed by atoms with Crippen LogP contribution in [0.15, 0.2) is 186 Å². The first kappa shape index (κ1) is 30.3. The van der Waals surface area contributed by atoms with E-state index in [1.807, 2.05) is 30.3 Å². The summed E-state index contributed by atoms with van der Waals surface area (Å²) >= 11 is 0. The number of nitrogens with zero attached hydrogens (tertiary/aromatic N) is 4. The van der Waals surface area contributed by atoms with E-state index in [2.05, 4.69) is 156 Å². The molecule has 8 aromatic carbocycles. The van der Waals surface area contributed by atoms with Crippen LogP contribution in [0.25, 0.3) is 105 Å². The van der Waals surface area contributed by atoms with Crippen LogP contribution in [0.4, 0.5) is 0 Å². The molecule has 11 rings (SSSR count). The number of rotatable bonds is 5. The van der Waals surface area contributed by atoms with Crippen LogP contribution < -0.4 is 0 Å². The Bertz CT molecular complexity index is 3220. The third-order valence-corrected chi connectivity index (χ3v) is 10.5. The van der Waals surface area contributed by atoms with E-state index >= 15 is 0 Å². The number of benzene rings is 8. The van der Waals surface area contributed by atoms with E-state index in [1.165, 1.54) is 5.39 Å². The van der Waals surface area contributed by atoms with Gasteiger partial charge in [-0.25, -0.2) is 15.0 Å². The lowest BCUT2D eigenvalue weighted by atomic mass is 9.93. The lowest BCUT2D eigenvalue weighted by Gasteiger charge is -2.13. The second-order valence-corrected chi connectivity index (χ2v) is 13.6. The highest BCUT2D eigenvalue weighted by atomic mass is 16.3. The van der Waals surface area contributed by atoms with Crippen molar-refractivity contribution in [1.82, 2.24) is 19.5 Å². The van der Waals surface area contributed by atoms with Gasteiger partial charge in [0.15, 0.2) is 17.5 Å². The normalized spacial score (nSPS) is 11.7. The molecule has 0 bridgehead atoms. The number of aromatic nitrogens is 4. The zero-order valence-electron chi connectivity index (χ0n) is 29.0. The van der Waals surface area contributed by atoms with Crippen molar-refractivity contribution in [2.75, 3.05) is 0 Å². The van der Waals surface area contributed by atoms with Crippen molar-refractivity contribution >= 4 is 54.5 Å². The summed E-state index contributed by atoms with van der Waals surface area (Å²) in [6, 6.07) is 63.2. The van der Waals surface area contributed by atoms with Crippen LogP contribution in [-0.4, -0.2) is 19.5 Å². The Morgan fingerprint density at radius 2 is 0.944 bits per heavy atom. The SMILES string of the molecule is c1ccc(-c2nc(-c3ccc4c(c3)c3ccccc3n4-c3ccccc3)nc(-c3ccc(-c4cccc5c4oc4ccccc45)c4ccccc34)n2)cc1. The van der Waals surface area contributed by atoms with E-state index in [-0.39, 0.29) is 0 Å². The molecule has 252 valence electrons. The van der Waals surface area contributed by atoms with Crippen molar-refractivity contribution in [3.05, 3.63) is 182 Å². The standard InChI is InChI=1S/C49H30N4O/c1-3-14-31(15-4-1)47-50-48(32-26-29-44-42(30-32)37-20-9-11-24-43(37)53(44)33-16-5-2-6-17-33)52-49(51-47)41-28-27-36(34-18-7-8-19-35(34)41)39-22-13-23-40-38-21-10-12-25-45(38)54-46(39)40/h1-30H. The Balaban J connectivity index is 1.12. The zero-order valence-corrected chi connectivity index (χ0v) is 29.0. The molecule has 5 nitrogen and oxygen atoms in total. The Morgan fingerprint density at radius 1 is 0.352 bits per heavy atom. The summed E-state index contributed by atoms with van der Waals surface area (Å²) in [5, 5.41) is 6.70. The highest BCUT2D eigenvalue weighted by Crippen LogP contribution is 2.41. The molecule has 0 aliphatic carbocycles. The number of fused-ring (bicyclic) bond motifs is 7. The number of hydrogen-bond acceptors (Lipinski definition) is 4. The Labute approximate surface area is 310 Å². The Kier molecular flexibility index (Phi) is 6.79. The molecule has 5 heteroatoms. The third kappa shape index (κ3) is 4.76. The summed E-state index contributed by atoms with van der Waals surface area (Å²) in [6.45, 7) is 0. The van der Waals surface area contributed by atoms with Gasteiger partial charge in [-0.1, -0.05) is 133 Å². The Hall–Kier alpha value is -7.37. The first-order valence-electron chi connectivity index (χ1n) is 18.1. The van der Waals surface area contributed by atoms with Crippen molar-refractivity contribution < 1.29 is 4.42 Å². The fraction of sp³-hybridized carbons (Fsp3) is 0. The highest BCUT2D eigenvalue weighted by molar-refractivity contribution is 6.14. The quantitative estimate of drug-likeness (QED) is 0.180. The molecule has 0 amide bonds. The average molecular weight is 691 g/mol. The van der Waals surface area contributed by atoms with E-state index in [9.17, 15) is 0 Å². The van der Waals surface area contributed by atoms with Gasteiger partial charge in [-0.05, 0) is 64.9 Å². The minimum Gasteiger partial charge on any atom is -0.455 e. The molecule has 54 heavy (non-hydrogen) atoms. The van der Waals surface area contributed by atoms with E-state index in [0.717, 1.165) is 82.6 Å². The van der Waals surface area contributed by atoms with Gasteiger partial charge in [0.2, 0.25) is 0 Å². The molecule has 0 atom stereocenters. The van der Waals surface area contributed by atoms with Gasteiger partial charge in [-0.15, -0.1) is 0 Å².